The molecule has 0 saturated heterocycles. The number of carbonyl (C=O) groups is 1. The fourth-order valence-corrected chi connectivity index (χ4v) is 2.35. The van der Waals surface area contributed by atoms with Crippen LogP contribution in [0.4, 0.5) is 0 Å². The maximum Gasteiger partial charge on any atom is 0.286 e. The number of hydrogen-bond donors (Lipinski definition) is 2. The molecule has 0 fully saturated rings. The van der Waals surface area contributed by atoms with Gasteiger partial charge in [-0.1, -0.05) is 12.1 Å². The summed E-state index contributed by atoms with van der Waals surface area (Å²) in [6, 6.07) is 9.64. The van der Waals surface area contributed by atoms with Gasteiger partial charge in [0.1, 0.15) is 0 Å². The van der Waals surface area contributed by atoms with Crippen LogP contribution in [-0.4, -0.2) is 20.9 Å². The Morgan fingerprint density at radius 2 is 1.90 bits per heavy atom. The molecule has 0 radical (unpaired) electrons. The smallest absolute Gasteiger partial charge is 0.286 e. The molecule has 0 aliphatic heterocycles. The van der Waals surface area contributed by atoms with Crippen LogP contribution in [0.1, 0.15) is 22.5 Å². The van der Waals surface area contributed by atoms with Crippen molar-refractivity contribution < 1.29 is 17.6 Å². The Morgan fingerprint density at radius 3 is 2.48 bits per heavy atom. The van der Waals surface area contributed by atoms with Crippen molar-refractivity contribution in [2.45, 2.75) is 17.7 Å². The molecule has 0 aliphatic rings. The summed E-state index contributed by atoms with van der Waals surface area (Å²) in [5.41, 5.74) is 0.981. The summed E-state index contributed by atoms with van der Waals surface area (Å²) in [5, 5.41) is 7.77. The highest BCUT2D eigenvalue weighted by Crippen LogP contribution is 2.10. The lowest BCUT2D eigenvalue weighted by Crippen LogP contribution is -2.24. The van der Waals surface area contributed by atoms with Crippen LogP contribution in [0.25, 0.3) is 0 Å². The molecule has 7 heteroatoms. The average molecular weight is 308 g/mol. The normalized spacial score (nSPS) is 11.3. The highest BCUT2D eigenvalue weighted by Gasteiger charge is 2.08. The first-order chi connectivity index (χ1) is 9.97. The number of amides is 1. The minimum Gasteiger partial charge on any atom is -0.459 e. The van der Waals surface area contributed by atoms with E-state index in [1.165, 1.54) is 18.4 Å². The van der Waals surface area contributed by atoms with E-state index >= 15 is 0 Å². The minimum absolute atomic E-state index is 0.0948. The summed E-state index contributed by atoms with van der Waals surface area (Å²) >= 11 is 0. The molecule has 1 heterocycles. The Bertz CT molecular complexity index is 691. The number of hydrogen-bond acceptors (Lipinski definition) is 4. The van der Waals surface area contributed by atoms with Crippen LogP contribution >= 0.6 is 0 Å². The van der Waals surface area contributed by atoms with Crippen LogP contribution in [0, 0.1) is 0 Å². The summed E-state index contributed by atoms with van der Waals surface area (Å²) in [6.45, 7) is 0.510. The molecule has 0 aliphatic carbocycles. The predicted octanol–water partition coefficient (Wildman–Crippen LogP) is 1.29. The van der Waals surface area contributed by atoms with Crippen LogP contribution < -0.4 is 10.5 Å². The first-order valence-electron chi connectivity index (χ1n) is 6.40. The van der Waals surface area contributed by atoms with Crippen LogP contribution in [0.3, 0.4) is 0 Å². The van der Waals surface area contributed by atoms with Crippen LogP contribution in [-0.2, 0) is 16.4 Å². The minimum atomic E-state index is -3.65. The Hall–Kier alpha value is -2.12. The van der Waals surface area contributed by atoms with E-state index in [0.29, 0.717) is 6.54 Å². The van der Waals surface area contributed by atoms with E-state index in [4.69, 9.17) is 9.56 Å². The van der Waals surface area contributed by atoms with Gasteiger partial charge in [-0.05, 0) is 42.7 Å². The molecule has 0 bridgehead atoms. The Labute approximate surface area is 123 Å². The number of aryl methyl sites for hydroxylation is 1. The lowest BCUT2D eigenvalue weighted by molar-refractivity contribution is 0.0925. The van der Waals surface area contributed by atoms with Crippen LogP contribution in [0.5, 0.6) is 0 Å². The summed E-state index contributed by atoms with van der Waals surface area (Å²) in [5.74, 6) is 0.0390. The Morgan fingerprint density at radius 1 is 1.19 bits per heavy atom. The number of carbonyl (C=O) groups excluding carboxylic acids is 1. The van der Waals surface area contributed by atoms with Gasteiger partial charge in [0.2, 0.25) is 10.0 Å². The van der Waals surface area contributed by atoms with Crippen molar-refractivity contribution in [3.05, 3.63) is 54.0 Å². The number of rotatable bonds is 6. The van der Waals surface area contributed by atoms with Crippen LogP contribution in [0.2, 0.25) is 0 Å². The van der Waals surface area contributed by atoms with Crippen LogP contribution in [0.15, 0.2) is 52.0 Å². The zero-order valence-electron chi connectivity index (χ0n) is 11.3. The van der Waals surface area contributed by atoms with Crippen molar-refractivity contribution >= 4 is 15.9 Å². The lowest BCUT2D eigenvalue weighted by atomic mass is 10.1. The molecule has 0 atom stereocenters. The van der Waals surface area contributed by atoms with Crippen molar-refractivity contribution in [3.8, 4) is 0 Å². The third-order valence-electron chi connectivity index (χ3n) is 2.92. The fraction of sp³-hybridized carbons (Fsp3) is 0.214. The highest BCUT2D eigenvalue weighted by atomic mass is 32.2. The second-order valence-corrected chi connectivity index (χ2v) is 6.09. The molecule has 0 spiro atoms. The third-order valence-corrected chi connectivity index (χ3v) is 3.85. The summed E-state index contributed by atoms with van der Waals surface area (Å²) in [6.07, 6.45) is 2.91. The molecular formula is C14H16N2O4S. The van der Waals surface area contributed by atoms with E-state index in [9.17, 15) is 13.2 Å². The highest BCUT2D eigenvalue weighted by molar-refractivity contribution is 7.89. The van der Waals surface area contributed by atoms with Gasteiger partial charge in [-0.15, -0.1) is 0 Å². The molecule has 3 N–H and O–H groups in total. The van der Waals surface area contributed by atoms with Gasteiger partial charge < -0.3 is 9.73 Å². The number of nitrogens with one attached hydrogen (secondary N) is 1. The predicted molar refractivity (Wildman–Crippen MR) is 77.2 cm³/mol. The molecule has 1 amide bonds. The number of primary sulfonamides is 1. The zero-order chi connectivity index (χ0) is 15.3. The van der Waals surface area contributed by atoms with Crippen molar-refractivity contribution in [3.63, 3.8) is 0 Å². The van der Waals surface area contributed by atoms with E-state index in [1.54, 1.807) is 24.3 Å². The van der Waals surface area contributed by atoms with E-state index < -0.39 is 10.0 Å². The van der Waals surface area contributed by atoms with E-state index in [-0.39, 0.29) is 16.6 Å². The maximum atomic E-state index is 11.6. The second kappa shape index (κ2) is 6.55. The standard InChI is InChI=1S/C14H16N2O4S/c15-21(18,19)12-7-5-11(6-8-12)3-1-9-16-14(17)13-4-2-10-20-13/h2,4-8,10H,1,3,9H2,(H,16,17)(H2,15,18,19). The molecule has 0 saturated carbocycles. The maximum absolute atomic E-state index is 11.6. The van der Waals surface area contributed by atoms with Crippen molar-refractivity contribution in [1.29, 1.82) is 0 Å². The number of benzene rings is 1. The van der Waals surface area contributed by atoms with Gasteiger partial charge in [0.05, 0.1) is 11.2 Å². The quantitative estimate of drug-likeness (QED) is 0.785. The largest absolute Gasteiger partial charge is 0.459 e. The SMILES string of the molecule is NS(=O)(=O)c1ccc(CCCNC(=O)c2ccco2)cc1. The topological polar surface area (TPSA) is 102 Å². The van der Waals surface area contributed by atoms with Crippen molar-refractivity contribution in [2.24, 2.45) is 5.14 Å². The molecule has 21 heavy (non-hydrogen) atoms. The van der Waals surface area contributed by atoms with Gasteiger partial charge >= 0.3 is 0 Å². The first-order valence-corrected chi connectivity index (χ1v) is 7.95. The number of sulfonamides is 1. The van der Waals surface area contributed by atoms with Crippen molar-refractivity contribution in [1.82, 2.24) is 5.32 Å². The average Bonchev–Trinajstić information content (AvgIpc) is 2.97. The summed E-state index contributed by atoms with van der Waals surface area (Å²) in [4.78, 5) is 11.7. The molecular weight excluding hydrogens is 292 g/mol. The van der Waals surface area contributed by atoms with Gasteiger partial charge in [0, 0.05) is 6.54 Å². The van der Waals surface area contributed by atoms with Gasteiger partial charge in [-0.2, -0.15) is 0 Å². The third kappa shape index (κ3) is 4.44. The molecule has 1 aromatic heterocycles. The van der Waals surface area contributed by atoms with E-state index in [1.807, 2.05) is 0 Å². The van der Waals surface area contributed by atoms with E-state index in [0.717, 1.165) is 18.4 Å². The van der Waals surface area contributed by atoms with Gasteiger partial charge in [-0.25, -0.2) is 13.6 Å². The van der Waals surface area contributed by atoms with E-state index in [2.05, 4.69) is 5.32 Å². The second-order valence-electron chi connectivity index (χ2n) is 4.53. The Kier molecular flexibility index (Phi) is 4.77. The molecule has 112 valence electrons. The molecule has 6 nitrogen and oxygen atoms in total. The Balaban J connectivity index is 1.78. The zero-order valence-corrected chi connectivity index (χ0v) is 12.1. The fourth-order valence-electron chi connectivity index (χ4n) is 1.84. The number of furan rings is 1. The lowest BCUT2D eigenvalue weighted by Gasteiger charge is -2.04. The molecule has 0 unspecified atom stereocenters. The molecule has 1 aromatic carbocycles. The first kappa shape index (κ1) is 15.3. The van der Waals surface area contributed by atoms with Gasteiger partial charge in [0.25, 0.3) is 5.91 Å². The number of nitrogens with two attached hydrogens (primary N) is 1. The van der Waals surface area contributed by atoms with Crippen molar-refractivity contribution in [2.75, 3.05) is 6.54 Å². The molecule has 2 rings (SSSR count). The summed E-state index contributed by atoms with van der Waals surface area (Å²) in [7, 11) is -3.65. The van der Waals surface area contributed by atoms with Gasteiger partial charge in [-0.3, -0.25) is 4.79 Å². The summed E-state index contributed by atoms with van der Waals surface area (Å²) < 4.78 is 27.2. The van der Waals surface area contributed by atoms with Gasteiger partial charge in [0.15, 0.2) is 5.76 Å². The molecule has 2 aromatic rings. The monoisotopic (exact) mass is 308 g/mol.